The Bertz CT molecular complexity index is 454. The van der Waals surface area contributed by atoms with Crippen molar-refractivity contribution in [1.29, 1.82) is 0 Å². The molecule has 6 heteroatoms. The zero-order valence-corrected chi connectivity index (χ0v) is 13.1. The van der Waals surface area contributed by atoms with Gasteiger partial charge >= 0.3 is 0 Å². The Morgan fingerprint density at radius 2 is 2.30 bits per heavy atom. The maximum atomic E-state index is 9.31. The molecule has 0 spiro atoms. The minimum Gasteiger partial charge on any atom is -0.396 e. The molecule has 1 aromatic rings. The summed E-state index contributed by atoms with van der Waals surface area (Å²) >= 11 is 1.74. The second-order valence-corrected chi connectivity index (χ2v) is 6.71. The van der Waals surface area contributed by atoms with Gasteiger partial charge in [0.25, 0.3) is 0 Å². The number of rotatable bonds is 7. The minimum absolute atomic E-state index is 0.0643. The molecule has 0 radical (unpaired) electrons. The lowest BCUT2D eigenvalue weighted by molar-refractivity contribution is 0.217. The molecule has 0 bridgehead atoms. The highest BCUT2D eigenvalue weighted by atomic mass is 32.1. The van der Waals surface area contributed by atoms with Crippen LogP contribution < -0.4 is 10.6 Å². The summed E-state index contributed by atoms with van der Waals surface area (Å²) in [4.78, 5) is 10.2. The Morgan fingerprint density at radius 1 is 1.50 bits per heavy atom. The van der Waals surface area contributed by atoms with Gasteiger partial charge in [-0.05, 0) is 26.7 Å². The molecule has 0 aromatic carbocycles. The molecular weight excluding hydrogens is 272 g/mol. The number of aliphatic hydroxyl groups is 1. The fourth-order valence-corrected chi connectivity index (χ4v) is 2.72. The average molecular weight is 296 g/mol. The van der Waals surface area contributed by atoms with E-state index in [4.69, 9.17) is 0 Å². The van der Waals surface area contributed by atoms with Gasteiger partial charge in [0, 0.05) is 36.0 Å². The molecule has 5 nitrogen and oxygen atoms in total. The van der Waals surface area contributed by atoms with Gasteiger partial charge in [-0.1, -0.05) is 0 Å². The SMILES string of the molecule is CCNC(=NCC1(CO)CC1)NCCc1ncc(C)s1. The number of aromatic nitrogens is 1. The molecule has 0 aliphatic heterocycles. The lowest BCUT2D eigenvalue weighted by Gasteiger charge is -2.13. The highest BCUT2D eigenvalue weighted by molar-refractivity contribution is 7.11. The molecular formula is C14H24N4OS. The Labute approximate surface area is 124 Å². The van der Waals surface area contributed by atoms with E-state index in [-0.39, 0.29) is 12.0 Å². The first kappa shape index (κ1) is 15.3. The smallest absolute Gasteiger partial charge is 0.191 e. The van der Waals surface area contributed by atoms with Gasteiger partial charge in [0.1, 0.15) is 0 Å². The van der Waals surface area contributed by atoms with E-state index in [9.17, 15) is 5.11 Å². The molecule has 1 aromatic heterocycles. The van der Waals surface area contributed by atoms with Crippen molar-refractivity contribution in [3.63, 3.8) is 0 Å². The van der Waals surface area contributed by atoms with Crippen LogP contribution in [0.1, 0.15) is 29.7 Å². The highest BCUT2D eigenvalue weighted by Gasteiger charge is 2.41. The van der Waals surface area contributed by atoms with Crippen LogP contribution in [0.25, 0.3) is 0 Å². The molecule has 0 atom stereocenters. The monoisotopic (exact) mass is 296 g/mol. The minimum atomic E-state index is 0.0643. The van der Waals surface area contributed by atoms with Gasteiger partial charge in [-0.3, -0.25) is 4.99 Å². The summed E-state index contributed by atoms with van der Waals surface area (Å²) in [5.41, 5.74) is 0.0643. The van der Waals surface area contributed by atoms with Gasteiger partial charge in [0.05, 0.1) is 18.2 Å². The number of aryl methyl sites for hydroxylation is 1. The van der Waals surface area contributed by atoms with Crippen LogP contribution in [0.4, 0.5) is 0 Å². The van der Waals surface area contributed by atoms with Crippen LogP contribution in [0.5, 0.6) is 0 Å². The molecule has 112 valence electrons. The van der Waals surface area contributed by atoms with Crippen molar-refractivity contribution in [2.75, 3.05) is 26.2 Å². The standard InChI is InChI=1S/C14H24N4OS/c1-3-15-13(18-9-14(10-19)5-6-14)16-7-4-12-17-8-11(2)20-12/h8,19H,3-7,9-10H2,1-2H3,(H2,15,16,18). The third-order valence-electron chi connectivity index (χ3n) is 3.51. The number of nitrogens with one attached hydrogen (secondary N) is 2. The van der Waals surface area contributed by atoms with Crippen molar-refractivity contribution in [2.45, 2.75) is 33.1 Å². The summed E-state index contributed by atoms with van der Waals surface area (Å²) in [6, 6.07) is 0. The first-order valence-corrected chi connectivity index (χ1v) is 8.03. The molecule has 0 amide bonds. The molecule has 1 aliphatic rings. The van der Waals surface area contributed by atoms with Crippen molar-refractivity contribution in [1.82, 2.24) is 15.6 Å². The number of aliphatic hydroxyl groups excluding tert-OH is 1. The highest BCUT2D eigenvalue weighted by Crippen LogP contribution is 2.45. The van der Waals surface area contributed by atoms with Crippen molar-refractivity contribution in [3.8, 4) is 0 Å². The topological polar surface area (TPSA) is 69.5 Å². The maximum Gasteiger partial charge on any atom is 0.191 e. The zero-order valence-electron chi connectivity index (χ0n) is 12.3. The fraction of sp³-hybridized carbons (Fsp3) is 0.714. The molecule has 0 unspecified atom stereocenters. The predicted molar refractivity (Wildman–Crippen MR) is 83.3 cm³/mol. The normalized spacial score (nSPS) is 17.1. The molecule has 1 heterocycles. The average Bonchev–Trinajstić information content (AvgIpc) is 3.12. The van der Waals surface area contributed by atoms with Crippen LogP contribution in [0.2, 0.25) is 0 Å². The first-order valence-electron chi connectivity index (χ1n) is 7.22. The number of aliphatic imine (C=N–C) groups is 1. The Balaban J connectivity index is 1.78. The molecule has 0 saturated heterocycles. The van der Waals surface area contributed by atoms with Crippen LogP contribution in [0.15, 0.2) is 11.2 Å². The van der Waals surface area contributed by atoms with E-state index < -0.39 is 0 Å². The van der Waals surface area contributed by atoms with E-state index in [1.54, 1.807) is 11.3 Å². The second kappa shape index (κ2) is 7.04. The summed E-state index contributed by atoms with van der Waals surface area (Å²) in [5.74, 6) is 0.834. The van der Waals surface area contributed by atoms with E-state index in [1.807, 2.05) is 6.20 Å². The van der Waals surface area contributed by atoms with E-state index in [2.05, 4.69) is 34.5 Å². The van der Waals surface area contributed by atoms with Crippen molar-refractivity contribution < 1.29 is 5.11 Å². The summed E-state index contributed by atoms with van der Waals surface area (Å²) < 4.78 is 0. The molecule has 20 heavy (non-hydrogen) atoms. The third-order valence-corrected chi connectivity index (χ3v) is 4.48. The number of hydrogen-bond acceptors (Lipinski definition) is 4. The summed E-state index contributed by atoms with van der Waals surface area (Å²) in [7, 11) is 0. The van der Waals surface area contributed by atoms with Gasteiger partial charge in [-0.25, -0.2) is 4.98 Å². The van der Waals surface area contributed by atoms with E-state index in [0.717, 1.165) is 43.3 Å². The summed E-state index contributed by atoms with van der Waals surface area (Å²) in [5, 5.41) is 17.0. The summed E-state index contributed by atoms with van der Waals surface area (Å²) in [6.07, 6.45) is 5.00. The Kier molecular flexibility index (Phi) is 5.37. The number of hydrogen-bond donors (Lipinski definition) is 3. The lowest BCUT2D eigenvalue weighted by Crippen LogP contribution is -2.38. The van der Waals surface area contributed by atoms with Gasteiger partial charge in [0.2, 0.25) is 0 Å². The molecule has 1 saturated carbocycles. The number of thiazole rings is 1. The third kappa shape index (κ3) is 4.45. The first-order chi connectivity index (χ1) is 9.67. The molecule has 2 rings (SSSR count). The number of guanidine groups is 1. The lowest BCUT2D eigenvalue weighted by atomic mass is 10.1. The Morgan fingerprint density at radius 3 is 2.85 bits per heavy atom. The summed E-state index contributed by atoms with van der Waals surface area (Å²) in [6.45, 7) is 6.74. The number of nitrogens with zero attached hydrogens (tertiary/aromatic N) is 2. The molecule has 3 N–H and O–H groups in total. The van der Waals surface area contributed by atoms with E-state index in [0.29, 0.717) is 6.54 Å². The Hall–Kier alpha value is -1.14. The maximum absolute atomic E-state index is 9.31. The second-order valence-electron chi connectivity index (χ2n) is 5.39. The van der Waals surface area contributed by atoms with Crippen LogP contribution in [0, 0.1) is 12.3 Å². The van der Waals surface area contributed by atoms with Gasteiger partial charge in [0.15, 0.2) is 5.96 Å². The van der Waals surface area contributed by atoms with E-state index in [1.165, 1.54) is 4.88 Å². The van der Waals surface area contributed by atoms with Gasteiger partial charge < -0.3 is 15.7 Å². The van der Waals surface area contributed by atoms with Crippen molar-refractivity contribution >= 4 is 17.3 Å². The fourth-order valence-electron chi connectivity index (χ4n) is 1.94. The van der Waals surface area contributed by atoms with E-state index >= 15 is 0 Å². The predicted octanol–water partition coefficient (Wildman–Crippen LogP) is 1.32. The van der Waals surface area contributed by atoms with Crippen LogP contribution in [-0.2, 0) is 6.42 Å². The molecule has 1 fully saturated rings. The molecule has 1 aliphatic carbocycles. The van der Waals surface area contributed by atoms with Crippen LogP contribution in [0.3, 0.4) is 0 Å². The quantitative estimate of drug-likeness (QED) is 0.524. The largest absolute Gasteiger partial charge is 0.396 e. The van der Waals surface area contributed by atoms with Crippen molar-refractivity contribution in [3.05, 3.63) is 16.1 Å². The van der Waals surface area contributed by atoms with Crippen molar-refractivity contribution in [2.24, 2.45) is 10.4 Å². The van der Waals surface area contributed by atoms with Gasteiger partial charge in [-0.2, -0.15) is 0 Å². The van der Waals surface area contributed by atoms with Crippen LogP contribution in [-0.4, -0.2) is 42.3 Å². The zero-order chi connectivity index (χ0) is 14.4. The van der Waals surface area contributed by atoms with Crippen LogP contribution >= 0.6 is 11.3 Å². The van der Waals surface area contributed by atoms with Gasteiger partial charge in [-0.15, -0.1) is 11.3 Å².